The van der Waals surface area contributed by atoms with Gasteiger partial charge in [-0.25, -0.2) is 4.98 Å². The first-order chi connectivity index (χ1) is 18.5. The SMILES string of the molecule is COc1cccc(C(=O)N[C@H]2C[C@H]3CC[C@@H](C2)N3c2ccc(C(=O)Nc3ccc4c(c3)OCO4)cn2)c1C. The Morgan fingerprint density at radius 1 is 1.00 bits per heavy atom. The van der Waals surface area contributed by atoms with Crippen molar-refractivity contribution in [3.8, 4) is 17.2 Å². The second kappa shape index (κ2) is 9.89. The highest BCUT2D eigenvalue weighted by Gasteiger charge is 2.42. The number of carbonyl (C=O) groups excluding carboxylic acids is 2. The van der Waals surface area contributed by atoms with E-state index in [0.717, 1.165) is 37.1 Å². The van der Waals surface area contributed by atoms with Crippen molar-refractivity contribution in [3.05, 3.63) is 71.4 Å². The number of fused-ring (bicyclic) bond motifs is 3. The van der Waals surface area contributed by atoms with E-state index in [2.05, 4.69) is 20.5 Å². The van der Waals surface area contributed by atoms with Crippen LogP contribution in [0.3, 0.4) is 0 Å². The monoisotopic (exact) mass is 514 g/mol. The minimum atomic E-state index is -0.236. The second-order valence-corrected chi connectivity index (χ2v) is 9.99. The molecule has 2 bridgehead atoms. The van der Waals surface area contributed by atoms with Gasteiger partial charge in [0.2, 0.25) is 6.79 Å². The van der Waals surface area contributed by atoms with Crippen LogP contribution in [0.4, 0.5) is 11.5 Å². The van der Waals surface area contributed by atoms with Gasteiger partial charge < -0.3 is 29.7 Å². The summed E-state index contributed by atoms with van der Waals surface area (Å²) >= 11 is 0. The van der Waals surface area contributed by atoms with Crippen molar-refractivity contribution >= 4 is 23.3 Å². The summed E-state index contributed by atoms with van der Waals surface area (Å²) < 4.78 is 16.1. The Kier molecular flexibility index (Phi) is 6.27. The lowest BCUT2D eigenvalue weighted by Gasteiger charge is -2.40. The van der Waals surface area contributed by atoms with E-state index in [0.29, 0.717) is 46.1 Å². The Morgan fingerprint density at radius 2 is 1.79 bits per heavy atom. The standard InChI is InChI=1S/C29H30N4O5/c1-17-23(4-3-5-24(17)36-2)29(35)32-20-12-21-8-9-22(13-20)33(21)27-11-6-18(15-30-27)28(34)31-19-7-10-25-26(14-19)38-16-37-25/h3-7,10-11,14-15,20-22H,8-9,12-13,16H2,1-2H3,(H,31,34)(H,32,35)/t20-,21+,22-. The van der Waals surface area contributed by atoms with Crippen LogP contribution in [0.25, 0.3) is 0 Å². The topological polar surface area (TPSA) is 102 Å². The number of anilines is 2. The van der Waals surface area contributed by atoms with E-state index >= 15 is 0 Å². The fraction of sp³-hybridized carbons (Fsp3) is 0.345. The Balaban J connectivity index is 1.09. The van der Waals surface area contributed by atoms with E-state index in [4.69, 9.17) is 14.2 Å². The molecule has 9 nitrogen and oxygen atoms in total. The van der Waals surface area contributed by atoms with Crippen LogP contribution < -0.4 is 29.7 Å². The number of hydrogen-bond acceptors (Lipinski definition) is 7. The Labute approximate surface area is 221 Å². The molecule has 1 aromatic heterocycles. The molecule has 3 aliphatic heterocycles. The molecule has 0 radical (unpaired) electrons. The largest absolute Gasteiger partial charge is 0.496 e. The average Bonchev–Trinajstić information content (AvgIpc) is 3.50. The maximum Gasteiger partial charge on any atom is 0.257 e. The molecule has 3 atom stereocenters. The number of aromatic nitrogens is 1. The molecule has 0 spiro atoms. The fourth-order valence-electron chi connectivity index (χ4n) is 5.86. The van der Waals surface area contributed by atoms with Gasteiger partial charge in [-0.3, -0.25) is 9.59 Å². The molecule has 196 valence electrons. The summed E-state index contributed by atoms with van der Waals surface area (Å²) in [6, 6.07) is 15.3. The van der Waals surface area contributed by atoms with Crippen molar-refractivity contribution in [1.82, 2.24) is 10.3 Å². The summed E-state index contributed by atoms with van der Waals surface area (Å²) in [5, 5.41) is 6.14. The average molecular weight is 515 g/mol. The number of ether oxygens (including phenoxy) is 3. The van der Waals surface area contributed by atoms with Crippen molar-refractivity contribution in [1.29, 1.82) is 0 Å². The summed E-state index contributed by atoms with van der Waals surface area (Å²) in [7, 11) is 1.61. The summed E-state index contributed by atoms with van der Waals surface area (Å²) in [6.45, 7) is 2.09. The Hall–Kier alpha value is -4.27. The maximum atomic E-state index is 13.0. The molecule has 0 unspecified atom stereocenters. The van der Waals surface area contributed by atoms with E-state index in [1.807, 2.05) is 37.3 Å². The van der Waals surface area contributed by atoms with Crippen molar-refractivity contribution in [3.63, 3.8) is 0 Å². The fourth-order valence-corrected chi connectivity index (χ4v) is 5.86. The van der Waals surface area contributed by atoms with E-state index in [1.165, 1.54) is 0 Å². The van der Waals surface area contributed by atoms with Gasteiger partial charge in [0, 0.05) is 47.2 Å². The van der Waals surface area contributed by atoms with Crippen LogP contribution in [0.5, 0.6) is 17.2 Å². The molecule has 0 saturated carbocycles. The normalized spacial score (nSPS) is 21.2. The molecule has 6 rings (SSSR count). The van der Waals surface area contributed by atoms with Crippen LogP contribution in [0, 0.1) is 6.92 Å². The molecular weight excluding hydrogens is 484 g/mol. The highest BCUT2D eigenvalue weighted by atomic mass is 16.7. The molecule has 2 saturated heterocycles. The van der Waals surface area contributed by atoms with Crippen LogP contribution in [-0.2, 0) is 0 Å². The molecule has 38 heavy (non-hydrogen) atoms. The lowest BCUT2D eigenvalue weighted by molar-refractivity contribution is 0.0925. The van der Waals surface area contributed by atoms with Gasteiger partial charge in [-0.15, -0.1) is 0 Å². The number of nitrogens with one attached hydrogen (secondary N) is 2. The zero-order chi connectivity index (χ0) is 26.2. The molecular formula is C29H30N4O5. The van der Waals surface area contributed by atoms with Gasteiger partial charge in [-0.2, -0.15) is 0 Å². The van der Waals surface area contributed by atoms with Gasteiger partial charge in [0.25, 0.3) is 11.8 Å². The van der Waals surface area contributed by atoms with E-state index < -0.39 is 0 Å². The number of pyridine rings is 1. The van der Waals surface area contributed by atoms with Gasteiger partial charge in [0.1, 0.15) is 11.6 Å². The smallest absolute Gasteiger partial charge is 0.257 e. The highest BCUT2D eigenvalue weighted by molar-refractivity contribution is 6.04. The number of amides is 2. The van der Waals surface area contributed by atoms with E-state index in [1.54, 1.807) is 31.5 Å². The number of rotatable bonds is 6. The van der Waals surface area contributed by atoms with Crippen molar-refractivity contribution < 1.29 is 23.8 Å². The number of nitrogens with zero attached hydrogens (tertiary/aromatic N) is 2. The van der Waals surface area contributed by atoms with Gasteiger partial charge >= 0.3 is 0 Å². The first-order valence-corrected chi connectivity index (χ1v) is 12.9. The summed E-state index contributed by atoms with van der Waals surface area (Å²) in [6.07, 6.45) is 5.46. The molecule has 2 amide bonds. The lowest BCUT2D eigenvalue weighted by atomic mass is 9.96. The van der Waals surface area contributed by atoms with Crippen LogP contribution in [0.1, 0.15) is 52.0 Å². The van der Waals surface area contributed by atoms with Gasteiger partial charge in [0.15, 0.2) is 11.5 Å². The molecule has 3 aromatic rings. The third kappa shape index (κ3) is 4.49. The van der Waals surface area contributed by atoms with Crippen LogP contribution >= 0.6 is 0 Å². The third-order valence-electron chi connectivity index (χ3n) is 7.72. The Morgan fingerprint density at radius 3 is 2.53 bits per heavy atom. The van der Waals surface area contributed by atoms with Crippen molar-refractivity contribution in [2.75, 3.05) is 24.1 Å². The maximum absolute atomic E-state index is 13.0. The number of piperidine rings is 1. The molecule has 0 aliphatic carbocycles. The van der Waals surface area contributed by atoms with E-state index in [-0.39, 0.29) is 24.6 Å². The summed E-state index contributed by atoms with van der Waals surface area (Å²) in [4.78, 5) is 32.8. The predicted octanol–water partition coefficient (Wildman–Crippen LogP) is 4.31. The first kappa shape index (κ1) is 24.1. The zero-order valence-electron chi connectivity index (χ0n) is 21.4. The molecule has 9 heteroatoms. The quantitative estimate of drug-likeness (QED) is 0.505. The minimum Gasteiger partial charge on any atom is -0.496 e. The second-order valence-electron chi connectivity index (χ2n) is 9.99. The Bertz CT molecular complexity index is 1360. The van der Waals surface area contributed by atoms with Crippen LogP contribution in [0.2, 0.25) is 0 Å². The molecule has 4 heterocycles. The molecule has 2 fully saturated rings. The van der Waals surface area contributed by atoms with E-state index in [9.17, 15) is 9.59 Å². The van der Waals surface area contributed by atoms with Gasteiger partial charge in [0.05, 0.1) is 12.7 Å². The zero-order valence-corrected chi connectivity index (χ0v) is 21.4. The number of carbonyl (C=O) groups is 2. The third-order valence-corrected chi connectivity index (χ3v) is 7.72. The van der Waals surface area contributed by atoms with Crippen LogP contribution in [0.15, 0.2) is 54.7 Å². The van der Waals surface area contributed by atoms with Crippen molar-refractivity contribution in [2.45, 2.75) is 50.7 Å². The number of hydrogen-bond donors (Lipinski definition) is 2. The lowest BCUT2D eigenvalue weighted by Crippen LogP contribution is -2.50. The summed E-state index contributed by atoms with van der Waals surface area (Å²) in [5.74, 6) is 2.57. The first-order valence-electron chi connectivity index (χ1n) is 12.9. The molecule has 2 aromatic carbocycles. The number of methoxy groups -OCH3 is 1. The molecule has 2 N–H and O–H groups in total. The van der Waals surface area contributed by atoms with Gasteiger partial charge in [-0.05, 0) is 69.0 Å². The molecule has 3 aliphatic rings. The number of benzene rings is 2. The summed E-state index contributed by atoms with van der Waals surface area (Å²) in [5.41, 5.74) is 2.61. The highest BCUT2D eigenvalue weighted by Crippen LogP contribution is 2.39. The minimum absolute atomic E-state index is 0.0600. The van der Waals surface area contributed by atoms with Crippen molar-refractivity contribution in [2.24, 2.45) is 0 Å². The van der Waals surface area contributed by atoms with Crippen LogP contribution in [-0.4, -0.2) is 48.8 Å². The predicted molar refractivity (Wildman–Crippen MR) is 142 cm³/mol. The van der Waals surface area contributed by atoms with Gasteiger partial charge in [-0.1, -0.05) is 6.07 Å².